The van der Waals surface area contributed by atoms with Crippen molar-refractivity contribution < 1.29 is 19.2 Å². The van der Waals surface area contributed by atoms with Crippen LogP contribution in [0.5, 0.6) is 0 Å². The number of para-hydroxylation sites is 2. The first kappa shape index (κ1) is 31.0. The van der Waals surface area contributed by atoms with Gasteiger partial charge >= 0.3 is 0 Å². The van der Waals surface area contributed by atoms with Gasteiger partial charge in [0.05, 0.1) is 22.9 Å². The first-order chi connectivity index (χ1) is 24.2. The fourth-order valence-electron chi connectivity index (χ4n) is 9.91. The Morgan fingerprint density at radius 1 is 1.04 bits per heavy atom. The van der Waals surface area contributed by atoms with Crippen LogP contribution in [0.1, 0.15) is 78.5 Å². The van der Waals surface area contributed by atoms with Crippen molar-refractivity contribution in [1.29, 1.82) is 5.41 Å². The molecule has 12 heteroatoms. The minimum absolute atomic E-state index is 0.0805. The molecule has 6 aliphatic rings. The third-order valence-electron chi connectivity index (χ3n) is 12.6. The summed E-state index contributed by atoms with van der Waals surface area (Å²) in [6, 6.07) is 13.1. The molecule has 2 saturated heterocycles. The van der Waals surface area contributed by atoms with Gasteiger partial charge in [-0.1, -0.05) is 24.3 Å². The van der Waals surface area contributed by atoms with Crippen molar-refractivity contribution in [3.8, 4) is 0 Å². The topological polar surface area (TPSA) is 160 Å². The highest BCUT2D eigenvalue weighted by Crippen LogP contribution is 2.98. The first-order valence-electron chi connectivity index (χ1n) is 17.7. The number of aromatic nitrogens is 2. The lowest BCUT2D eigenvalue weighted by molar-refractivity contribution is -0.137. The minimum atomic E-state index is -0.637. The summed E-state index contributed by atoms with van der Waals surface area (Å²) < 4.78 is 0. The third kappa shape index (κ3) is 4.79. The van der Waals surface area contributed by atoms with E-state index in [0.29, 0.717) is 54.2 Å². The van der Waals surface area contributed by atoms with Crippen LogP contribution in [-0.2, 0) is 27.5 Å². The Hall–Kier alpha value is -4.97. The average molecular weight is 673 g/mol. The van der Waals surface area contributed by atoms with Crippen molar-refractivity contribution in [3.63, 3.8) is 0 Å². The van der Waals surface area contributed by atoms with E-state index in [9.17, 15) is 19.2 Å². The number of benzene rings is 2. The molecule has 256 valence electrons. The van der Waals surface area contributed by atoms with Gasteiger partial charge in [-0.3, -0.25) is 34.4 Å². The van der Waals surface area contributed by atoms with Crippen LogP contribution in [0.2, 0.25) is 0 Å². The minimum Gasteiger partial charge on any atom is -0.387 e. The Balaban J connectivity index is 0.747. The van der Waals surface area contributed by atoms with Crippen molar-refractivity contribution in [2.75, 3.05) is 13.1 Å². The number of hydrogen-bond acceptors (Lipinski definition) is 9. The van der Waals surface area contributed by atoms with Gasteiger partial charge in [0.25, 0.3) is 5.91 Å². The number of allylic oxidation sites excluding steroid dienone is 1. The van der Waals surface area contributed by atoms with Gasteiger partial charge in [0, 0.05) is 74.2 Å². The number of hydrogen-bond donors (Lipinski definition) is 4. The quantitative estimate of drug-likeness (QED) is 0.189. The van der Waals surface area contributed by atoms with Gasteiger partial charge in [0.1, 0.15) is 6.04 Å². The van der Waals surface area contributed by atoms with Gasteiger partial charge in [0.2, 0.25) is 17.7 Å². The summed E-state index contributed by atoms with van der Waals surface area (Å²) in [6.45, 7) is 2.79. The number of carbonyl (C=O) groups excluding carboxylic acids is 4. The van der Waals surface area contributed by atoms with E-state index in [4.69, 9.17) is 10.4 Å². The summed E-state index contributed by atoms with van der Waals surface area (Å²) >= 11 is 0. The molecule has 5 fully saturated rings. The van der Waals surface area contributed by atoms with Crippen molar-refractivity contribution in [1.82, 2.24) is 35.7 Å². The Kier molecular flexibility index (Phi) is 7.00. The number of imide groups is 1. The number of nitrogens with zero attached hydrogens (tertiary/aromatic N) is 4. The first-order valence-corrected chi connectivity index (χ1v) is 17.7. The van der Waals surface area contributed by atoms with E-state index in [2.05, 4.69) is 25.8 Å². The summed E-state index contributed by atoms with van der Waals surface area (Å²) in [6.07, 6.45) is 11.6. The zero-order chi connectivity index (χ0) is 34.3. The lowest BCUT2D eigenvalue weighted by Crippen LogP contribution is -2.53. The molecule has 50 heavy (non-hydrogen) atoms. The second-order valence-electron chi connectivity index (χ2n) is 15.2. The van der Waals surface area contributed by atoms with E-state index >= 15 is 0 Å². The molecule has 12 nitrogen and oxygen atoms in total. The van der Waals surface area contributed by atoms with E-state index in [0.717, 1.165) is 60.9 Å². The molecule has 1 spiro atoms. The Labute approximate surface area is 289 Å². The lowest BCUT2D eigenvalue weighted by Gasteiger charge is -2.45. The molecule has 3 aliphatic carbocycles. The van der Waals surface area contributed by atoms with Crippen LogP contribution in [0.25, 0.3) is 16.6 Å². The van der Waals surface area contributed by atoms with Gasteiger partial charge in [0.15, 0.2) is 0 Å². The normalized spacial score (nSPS) is 30.2. The molecule has 2 aromatic carbocycles. The highest BCUT2D eigenvalue weighted by atomic mass is 16.2. The highest BCUT2D eigenvalue weighted by Gasteiger charge is 2.97. The second kappa shape index (κ2) is 11.3. The summed E-state index contributed by atoms with van der Waals surface area (Å²) in [4.78, 5) is 63.5. The van der Waals surface area contributed by atoms with Crippen LogP contribution in [0.4, 0.5) is 0 Å². The van der Waals surface area contributed by atoms with Gasteiger partial charge in [-0.05, 0) is 78.7 Å². The smallest absolute Gasteiger partial charge is 0.255 e. The summed E-state index contributed by atoms with van der Waals surface area (Å²) in [5.74, 6) is -0.829. The predicted molar refractivity (Wildman–Crippen MR) is 184 cm³/mol. The van der Waals surface area contributed by atoms with Gasteiger partial charge in [-0.2, -0.15) is 0 Å². The van der Waals surface area contributed by atoms with E-state index in [1.54, 1.807) is 17.2 Å². The maximum atomic E-state index is 13.2. The largest absolute Gasteiger partial charge is 0.387 e. The number of rotatable bonds is 10. The molecule has 4 amide bonds. The van der Waals surface area contributed by atoms with Crippen LogP contribution >= 0.6 is 0 Å². The fourth-order valence-corrected chi connectivity index (χ4v) is 9.91. The summed E-state index contributed by atoms with van der Waals surface area (Å²) in [5.41, 5.74) is 6.13. The Bertz CT molecular complexity index is 2020. The molecule has 3 aromatic rings. The summed E-state index contributed by atoms with van der Waals surface area (Å²) in [7, 11) is 0. The highest BCUT2D eigenvalue weighted by molar-refractivity contribution is 6.07. The second-order valence-corrected chi connectivity index (χ2v) is 15.2. The lowest BCUT2D eigenvalue weighted by atomic mass is 9.76. The number of fused-ring (bicyclic) bond motifs is 2. The predicted octanol–water partition coefficient (Wildman–Crippen LogP) is 3.06. The summed E-state index contributed by atoms with van der Waals surface area (Å²) in [5, 5.41) is 17.0. The van der Waals surface area contributed by atoms with E-state index < -0.39 is 11.9 Å². The Morgan fingerprint density at radius 2 is 1.86 bits per heavy atom. The van der Waals surface area contributed by atoms with Crippen molar-refractivity contribution in [3.05, 3.63) is 77.2 Å². The maximum Gasteiger partial charge on any atom is 0.255 e. The van der Waals surface area contributed by atoms with Crippen LogP contribution in [0.15, 0.2) is 54.9 Å². The molecule has 4 heterocycles. The standard InChI is InChI=1S/C38H40N8O4/c39-15-25(30-18-41-28-3-1-2-4-29(28)43-30)17-40-26-9-11-45(12-10-26)38-21-36(20-37(36,38)22-38)14-33(48)42-16-23-5-6-27-24(13-23)19-46(35(27)50)31-7-8-32(47)44-34(31)49/h1-6,13,15,17-18,26,31,39-40H,7-12,14,16,19-22H2,(H,42,48)(H,44,47,49)/b25-17+,39-15?. The van der Waals surface area contributed by atoms with Gasteiger partial charge in [-0.25, -0.2) is 4.98 Å². The molecular weight excluding hydrogens is 632 g/mol. The van der Waals surface area contributed by atoms with E-state index in [-0.39, 0.29) is 35.1 Å². The molecule has 4 N–H and O–H groups in total. The number of likely N-dealkylation sites (tertiary alicyclic amines) is 1. The molecule has 4 unspecified atom stereocenters. The number of piperidine rings is 2. The van der Waals surface area contributed by atoms with Crippen LogP contribution in [-0.4, -0.2) is 80.3 Å². The van der Waals surface area contributed by atoms with Crippen molar-refractivity contribution in [2.24, 2.45) is 10.8 Å². The maximum absolute atomic E-state index is 13.2. The van der Waals surface area contributed by atoms with E-state index in [1.807, 2.05) is 42.6 Å². The van der Waals surface area contributed by atoms with Crippen molar-refractivity contribution >= 4 is 46.4 Å². The van der Waals surface area contributed by atoms with E-state index in [1.165, 1.54) is 12.6 Å². The number of nitrogens with one attached hydrogen (secondary N) is 4. The molecule has 0 radical (unpaired) electrons. The molecule has 4 atom stereocenters. The van der Waals surface area contributed by atoms with Crippen LogP contribution in [0, 0.1) is 16.2 Å². The molecule has 3 aliphatic heterocycles. The zero-order valence-corrected chi connectivity index (χ0v) is 27.8. The fraction of sp³-hybridized carbons (Fsp3) is 0.447. The third-order valence-corrected chi connectivity index (χ3v) is 12.6. The van der Waals surface area contributed by atoms with Gasteiger partial charge in [-0.15, -0.1) is 0 Å². The molecule has 9 rings (SSSR count). The number of amides is 4. The van der Waals surface area contributed by atoms with Crippen LogP contribution < -0.4 is 16.0 Å². The molecule has 1 aromatic heterocycles. The number of carbonyl (C=O) groups is 4. The molecule has 3 saturated carbocycles. The SMILES string of the molecule is N=C/C(=C\NC1CCN(C23CC4(CC(=O)NCc5ccc6c(c5)CN(C5CCC(=O)NC5=O)C6=O)CC42C3)CC1)c1cnc2ccccc2n1. The Morgan fingerprint density at radius 3 is 2.64 bits per heavy atom. The average Bonchev–Trinajstić information content (AvgIpc) is 3.80. The van der Waals surface area contributed by atoms with Crippen LogP contribution in [0.3, 0.4) is 0 Å². The molecular formula is C38H40N8O4. The van der Waals surface area contributed by atoms with Gasteiger partial charge < -0.3 is 20.9 Å². The monoisotopic (exact) mass is 672 g/mol. The molecule has 0 bridgehead atoms. The zero-order valence-electron chi connectivity index (χ0n) is 27.8. The van der Waals surface area contributed by atoms with Crippen molar-refractivity contribution in [2.45, 2.75) is 82.1 Å².